The van der Waals surface area contributed by atoms with Gasteiger partial charge in [-0.25, -0.2) is 9.97 Å². The first-order valence-corrected chi connectivity index (χ1v) is 10.1. The van der Waals surface area contributed by atoms with E-state index < -0.39 is 6.10 Å². The van der Waals surface area contributed by atoms with Gasteiger partial charge in [-0.3, -0.25) is 9.78 Å². The molecule has 2 N–H and O–H groups in total. The number of amides is 1. The lowest BCUT2D eigenvalue weighted by atomic mass is 9.95. The van der Waals surface area contributed by atoms with Crippen LogP contribution in [0.2, 0.25) is 0 Å². The molecule has 5 rings (SSSR count). The number of benzene rings is 1. The summed E-state index contributed by atoms with van der Waals surface area (Å²) in [6, 6.07) is 17.3. The molecule has 7 nitrogen and oxygen atoms in total. The van der Waals surface area contributed by atoms with Crippen LogP contribution in [0.3, 0.4) is 0 Å². The Hall–Kier alpha value is -3.32. The highest BCUT2D eigenvalue weighted by atomic mass is 16.3. The van der Waals surface area contributed by atoms with E-state index in [1.54, 1.807) is 42.9 Å². The average molecular weight is 401 g/mol. The number of nitrogens with zero attached hydrogens (tertiary/aromatic N) is 4. The fourth-order valence-electron chi connectivity index (χ4n) is 5.00. The number of anilines is 1. The summed E-state index contributed by atoms with van der Waals surface area (Å²) in [5.41, 5.74) is 1.25. The topological polar surface area (TPSA) is 91.2 Å². The maximum Gasteiger partial charge on any atom is 0.269 e. The second-order valence-corrected chi connectivity index (χ2v) is 7.98. The lowest BCUT2D eigenvalue weighted by Gasteiger charge is -2.16. The number of carbonyl (C=O) groups is 1. The quantitative estimate of drug-likeness (QED) is 0.678. The van der Waals surface area contributed by atoms with Gasteiger partial charge in [-0.15, -0.1) is 0 Å². The molecule has 0 unspecified atom stereocenters. The highest BCUT2D eigenvalue weighted by molar-refractivity contribution is 5.92. The summed E-state index contributed by atoms with van der Waals surface area (Å²) >= 11 is 0. The van der Waals surface area contributed by atoms with Crippen LogP contribution in [-0.2, 0) is 0 Å². The van der Waals surface area contributed by atoms with Gasteiger partial charge in [-0.05, 0) is 35.6 Å². The molecule has 7 heteroatoms. The van der Waals surface area contributed by atoms with E-state index >= 15 is 0 Å². The van der Waals surface area contributed by atoms with E-state index in [1.165, 1.54) is 5.56 Å². The molecule has 1 saturated heterocycles. The molecule has 1 aliphatic carbocycles. The van der Waals surface area contributed by atoms with Crippen molar-refractivity contribution in [1.82, 2.24) is 20.3 Å². The van der Waals surface area contributed by atoms with Crippen LogP contribution in [0.15, 0.2) is 73.2 Å². The molecule has 1 aliphatic heterocycles. The van der Waals surface area contributed by atoms with Gasteiger partial charge < -0.3 is 15.3 Å². The standard InChI is InChI=1S/C23H23N5O2/c29-19-14-28(22-25-11-6-12-26-22)15-23(19)17(20(23)16-7-2-1-3-8-16)13-27-21(30)18-9-4-5-10-24-18/h1-12,17,19-20,29H,13-15H2,(H,27,30)/t17-,19+,20-,23-/m1/s1. The third kappa shape index (κ3) is 3.11. The Labute approximate surface area is 174 Å². The van der Waals surface area contributed by atoms with Crippen molar-refractivity contribution >= 4 is 11.9 Å². The molecular weight excluding hydrogens is 378 g/mol. The molecule has 1 aromatic carbocycles. The zero-order valence-electron chi connectivity index (χ0n) is 16.4. The summed E-state index contributed by atoms with van der Waals surface area (Å²) in [5.74, 6) is 0.714. The van der Waals surface area contributed by atoms with Gasteiger partial charge >= 0.3 is 0 Å². The van der Waals surface area contributed by atoms with Crippen molar-refractivity contribution in [3.8, 4) is 0 Å². The first-order chi connectivity index (χ1) is 14.7. The zero-order valence-corrected chi connectivity index (χ0v) is 16.4. The molecular formula is C23H23N5O2. The van der Waals surface area contributed by atoms with Crippen LogP contribution in [0.5, 0.6) is 0 Å². The Kier molecular flexibility index (Phi) is 4.67. The summed E-state index contributed by atoms with van der Waals surface area (Å²) in [7, 11) is 0. The van der Waals surface area contributed by atoms with E-state index in [-0.39, 0.29) is 23.2 Å². The first-order valence-electron chi connectivity index (χ1n) is 10.1. The summed E-state index contributed by atoms with van der Waals surface area (Å²) in [4.78, 5) is 27.4. The Morgan fingerprint density at radius 2 is 1.77 bits per heavy atom. The third-order valence-electron chi connectivity index (χ3n) is 6.41. The minimum absolute atomic E-state index is 0.122. The summed E-state index contributed by atoms with van der Waals surface area (Å²) in [6.45, 7) is 1.62. The highest BCUT2D eigenvalue weighted by Gasteiger charge is 2.71. The molecule has 0 bridgehead atoms. The second-order valence-electron chi connectivity index (χ2n) is 7.98. The maximum absolute atomic E-state index is 12.5. The van der Waals surface area contributed by atoms with Crippen LogP contribution in [0.4, 0.5) is 5.95 Å². The van der Waals surface area contributed by atoms with Crippen molar-refractivity contribution in [2.24, 2.45) is 11.3 Å². The maximum atomic E-state index is 12.5. The molecule has 1 spiro atoms. The minimum atomic E-state index is -0.525. The number of aliphatic hydroxyl groups excluding tert-OH is 1. The van der Waals surface area contributed by atoms with Crippen molar-refractivity contribution in [2.75, 3.05) is 24.5 Å². The number of nitrogens with one attached hydrogen (secondary N) is 1. The molecule has 2 aromatic heterocycles. The largest absolute Gasteiger partial charge is 0.391 e. The lowest BCUT2D eigenvalue weighted by molar-refractivity contribution is 0.0934. The average Bonchev–Trinajstić information content (AvgIpc) is 3.33. The number of hydrogen-bond acceptors (Lipinski definition) is 6. The van der Waals surface area contributed by atoms with Crippen LogP contribution < -0.4 is 10.2 Å². The van der Waals surface area contributed by atoms with Crippen molar-refractivity contribution in [2.45, 2.75) is 12.0 Å². The van der Waals surface area contributed by atoms with E-state index in [2.05, 4.69) is 32.4 Å². The van der Waals surface area contributed by atoms with Crippen LogP contribution in [-0.4, -0.2) is 51.7 Å². The fraction of sp³-hybridized carbons (Fsp3) is 0.304. The Balaban J connectivity index is 1.38. The number of β-amino-alcohol motifs (C(OH)–C–C–N with tert-alkyl or cyclic N) is 1. The molecule has 3 heterocycles. The van der Waals surface area contributed by atoms with Crippen LogP contribution >= 0.6 is 0 Å². The van der Waals surface area contributed by atoms with Crippen LogP contribution in [0, 0.1) is 11.3 Å². The smallest absolute Gasteiger partial charge is 0.269 e. The number of aromatic nitrogens is 3. The van der Waals surface area contributed by atoms with Crippen molar-refractivity contribution in [3.63, 3.8) is 0 Å². The molecule has 1 amide bonds. The molecule has 3 aromatic rings. The zero-order chi connectivity index (χ0) is 20.6. The molecule has 0 radical (unpaired) electrons. The molecule has 30 heavy (non-hydrogen) atoms. The first kappa shape index (κ1) is 18.7. The van der Waals surface area contributed by atoms with Crippen molar-refractivity contribution in [3.05, 3.63) is 84.4 Å². The van der Waals surface area contributed by atoms with Gasteiger partial charge in [0, 0.05) is 43.6 Å². The molecule has 1 saturated carbocycles. The number of carbonyl (C=O) groups excluding carboxylic acids is 1. The van der Waals surface area contributed by atoms with Gasteiger partial charge in [0.05, 0.1) is 6.10 Å². The predicted octanol–water partition coefficient (Wildman–Crippen LogP) is 1.88. The number of hydrogen-bond donors (Lipinski definition) is 2. The number of aliphatic hydroxyl groups is 1. The van der Waals surface area contributed by atoms with Gasteiger partial charge in [-0.1, -0.05) is 36.4 Å². The van der Waals surface area contributed by atoms with Crippen molar-refractivity contribution in [1.29, 1.82) is 0 Å². The van der Waals surface area contributed by atoms with E-state index in [9.17, 15) is 9.90 Å². The molecule has 4 atom stereocenters. The van der Waals surface area contributed by atoms with Gasteiger partial charge in [0.1, 0.15) is 5.69 Å². The Morgan fingerprint density at radius 3 is 2.50 bits per heavy atom. The number of rotatable bonds is 5. The normalized spacial score (nSPS) is 27.2. The predicted molar refractivity (Wildman–Crippen MR) is 112 cm³/mol. The van der Waals surface area contributed by atoms with E-state index in [0.29, 0.717) is 31.3 Å². The molecule has 2 aliphatic rings. The third-order valence-corrected chi connectivity index (χ3v) is 6.41. The van der Waals surface area contributed by atoms with E-state index in [1.807, 2.05) is 23.1 Å². The minimum Gasteiger partial charge on any atom is -0.391 e. The van der Waals surface area contributed by atoms with Crippen LogP contribution in [0.25, 0.3) is 0 Å². The fourth-order valence-corrected chi connectivity index (χ4v) is 5.00. The SMILES string of the molecule is O=C(NC[C@@H]1[C@@H](c2ccccc2)[C@]12CN(c1ncccn1)C[C@@H]2O)c1ccccn1. The molecule has 152 valence electrons. The van der Waals surface area contributed by atoms with Gasteiger partial charge in [0.2, 0.25) is 5.95 Å². The number of pyridine rings is 1. The van der Waals surface area contributed by atoms with Gasteiger partial charge in [0.25, 0.3) is 5.91 Å². The summed E-state index contributed by atoms with van der Waals surface area (Å²) in [5, 5.41) is 14.1. The lowest BCUT2D eigenvalue weighted by Crippen LogP contribution is -2.30. The Bertz CT molecular complexity index is 1020. The summed E-state index contributed by atoms with van der Waals surface area (Å²) < 4.78 is 0. The van der Waals surface area contributed by atoms with E-state index in [0.717, 1.165) is 0 Å². The summed E-state index contributed by atoms with van der Waals surface area (Å²) in [6.07, 6.45) is 4.51. The Morgan fingerprint density at radius 1 is 1.03 bits per heavy atom. The molecule has 2 fully saturated rings. The van der Waals surface area contributed by atoms with E-state index in [4.69, 9.17) is 0 Å². The van der Waals surface area contributed by atoms with Gasteiger partial charge in [0.15, 0.2) is 0 Å². The van der Waals surface area contributed by atoms with Crippen molar-refractivity contribution < 1.29 is 9.90 Å². The highest BCUT2D eigenvalue weighted by Crippen LogP contribution is 2.68. The second kappa shape index (κ2) is 7.50. The van der Waals surface area contributed by atoms with Gasteiger partial charge in [-0.2, -0.15) is 0 Å². The monoisotopic (exact) mass is 401 g/mol. The van der Waals surface area contributed by atoms with Crippen LogP contribution in [0.1, 0.15) is 22.0 Å².